The Morgan fingerprint density at radius 1 is 1.48 bits per heavy atom. The Labute approximate surface area is 123 Å². The first-order chi connectivity index (χ1) is 9.79. The summed E-state index contributed by atoms with van der Waals surface area (Å²) in [5, 5.41) is 2.49. The number of hydrogen-bond donors (Lipinski definition) is 1. The molecule has 0 spiro atoms. The van der Waals surface area contributed by atoms with Crippen LogP contribution in [0.2, 0.25) is 0 Å². The molecule has 0 saturated carbocycles. The number of imidazole rings is 1. The largest absolute Gasteiger partial charge is 0.416 e. The molecule has 2 aromatic rings. The van der Waals surface area contributed by atoms with E-state index in [1.165, 1.54) is 13.1 Å². The molecular weight excluding hydrogens is 307 g/mol. The number of halogens is 4. The van der Waals surface area contributed by atoms with E-state index in [0.29, 0.717) is 11.3 Å². The molecule has 0 bridgehead atoms. The summed E-state index contributed by atoms with van der Waals surface area (Å²) in [5.41, 5.74) is -0.181. The number of carbonyl (C=O) groups excluding carboxylic acids is 1. The molecule has 1 unspecified atom stereocenters. The highest BCUT2D eigenvalue weighted by molar-refractivity contribution is 6.17. The number of likely N-dealkylation sites (N-methyl/N-ethyl adjacent to an activating group) is 1. The Bertz CT molecular complexity index is 681. The van der Waals surface area contributed by atoms with Gasteiger partial charge in [0.2, 0.25) is 5.91 Å². The monoisotopic (exact) mass is 319 g/mol. The van der Waals surface area contributed by atoms with Crippen LogP contribution in [0.15, 0.2) is 18.2 Å². The van der Waals surface area contributed by atoms with Gasteiger partial charge in [0.1, 0.15) is 11.9 Å². The van der Waals surface area contributed by atoms with Crippen LogP contribution in [0.3, 0.4) is 0 Å². The van der Waals surface area contributed by atoms with Crippen LogP contribution in [0.5, 0.6) is 0 Å². The zero-order chi connectivity index (χ0) is 15.8. The molecule has 0 aliphatic rings. The van der Waals surface area contributed by atoms with Crippen LogP contribution in [-0.2, 0) is 16.9 Å². The van der Waals surface area contributed by atoms with E-state index in [1.54, 1.807) is 11.5 Å². The zero-order valence-electron chi connectivity index (χ0n) is 11.3. The third-order valence-electron chi connectivity index (χ3n) is 3.22. The fraction of sp³-hybridized carbons (Fsp3) is 0.385. The van der Waals surface area contributed by atoms with Crippen LogP contribution in [-0.4, -0.2) is 22.5 Å². The number of alkyl halides is 4. The molecule has 4 nitrogen and oxygen atoms in total. The highest BCUT2D eigenvalue weighted by Gasteiger charge is 2.31. The average molecular weight is 320 g/mol. The molecule has 21 heavy (non-hydrogen) atoms. The molecule has 114 valence electrons. The van der Waals surface area contributed by atoms with E-state index in [4.69, 9.17) is 11.6 Å². The summed E-state index contributed by atoms with van der Waals surface area (Å²) < 4.78 is 39.7. The number of hydrogen-bond acceptors (Lipinski definition) is 2. The summed E-state index contributed by atoms with van der Waals surface area (Å²) in [6.07, 6.45) is -4.44. The van der Waals surface area contributed by atoms with Gasteiger partial charge in [0, 0.05) is 7.05 Å². The topological polar surface area (TPSA) is 46.9 Å². The molecular formula is C13H13ClF3N3O. The van der Waals surface area contributed by atoms with Crippen molar-refractivity contribution >= 4 is 28.5 Å². The summed E-state index contributed by atoms with van der Waals surface area (Å²) in [6, 6.07) is 2.61. The molecule has 1 atom stereocenters. The molecule has 0 radical (unpaired) electrons. The maximum absolute atomic E-state index is 12.7. The molecule has 0 saturated heterocycles. The Kier molecular flexibility index (Phi) is 4.13. The minimum atomic E-state index is -4.44. The number of amides is 1. The van der Waals surface area contributed by atoms with E-state index in [2.05, 4.69) is 10.3 Å². The molecule has 8 heteroatoms. The quantitative estimate of drug-likeness (QED) is 0.884. The fourth-order valence-electron chi connectivity index (χ4n) is 2.18. The molecule has 1 aromatic carbocycles. The van der Waals surface area contributed by atoms with E-state index in [1.807, 2.05) is 0 Å². The fourth-order valence-corrected chi connectivity index (χ4v) is 2.37. The van der Waals surface area contributed by atoms with E-state index >= 15 is 0 Å². The van der Waals surface area contributed by atoms with Gasteiger partial charge in [0.15, 0.2) is 0 Å². The van der Waals surface area contributed by atoms with Crippen molar-refractivity contribution in [1.82, 2.24) is 14.9 Å². The van der Waals surface area contributed by atoms with Crippen molar-refractivity contribution < 1.29 is 18.0 Å². The van der Waals surface area contributed by atoms with Crippen molar-refractivity contribution in [1.29, 1.82) is 0 Å². The number of carbonyl (C=O) groups is 1. The lowest BCUT2D eigenvalue weighted by molar-refractivity contribution is -0.137. The van der Waals surface area contributed by atoms with Crippen LogP contribution in [0.4, 0.5) is 13.2 Å². The van der Waals surface area contributed by atoms with E-state index in [0.717, 1.165) is 12.1 Å². The third-order valence-corrected chi connectivity index (χ3v) is 3.46. The number of rotatable bonds is 3. The Morgan fingerprint density at radius 3 is 2.67 bits per heavy atom. The molecule has 2 rings (SSSR count). The average Bonchev–Trinajstić information content (AvgIpc) is 2.82. The maximum Gasteiger partial charge on any atom is 0.416 e. The van der Waals surface area contributed by atoms with Crippen molar-refractivity contribution in [2.45, 2.75) is 25.0 Å². The Hall–Kier alpha value is -1.76. The first-order valence-electron chi connectivity index (χ1n) is 6.15. The van der Waals surface area contributed by atoms with Gasteiger partial charge in [-0.25, -0.2) is 4.98 Å². The van der Waals surface area contributed by atoms with Crippen LogP contribution in [0, 0.1) is 0 Å². The highest BCUT2D eigenvalue weighted by atomic mass is 35.5. The highest BCUT2D eigenvalue weighted by Crippen LogP contribution is 2.32. The smallest absolute Gasteiger partial charge is 0.357 e. The third kappa shape index (κ3) is 2.83. The number of nitrogens with zero attached hydrogens (tertiary/aromatic N) is 2. The second kappa shape index (κ2) is 5.55. The molecule has 1 N–H and O–H groups in total. The number of nitrogens with one attached hydrogen (secondary N) is 1. The van der Waals surface area contributed by atoms with Crippen molar-refractivity contribution in [2.75, 3.05) is 7.05 Å². The molecule has 0 aliphatic heterocycles. The predicted octanol–water partition coefficient (Wildman–Crippen LogP) is 3.10. The van der Waals surface area contributed by atoms with Crippen molar-refractivity contribution in [3.8, 4) is 0 Å². The lowest BCUT2D eigenvalue weighted by Gasteiger charge is -2.15. The van der Waals surface area contributed by atoms with Crippen molar-refractivity contribution in [2.24, 2.45) is 0 Å². The second-order valence-electron chi connectivity index (χ2n) is 4.52. The predicted molar refractivity (Wildman–Crippen MR) is 73.1 cm³/mol. The minimum Gasteiger partial charge on any atom is -0.357 e. The lowest BCUT2D eigenvalue weighted by Crippen LogP contribution is -2.28. The van der Waals surface area contributed by atoms with E-state index in [9.17, 15) is 18.0 Å². The zero-order valence-corrected chi connectivity index (χ0v) is 12.1. The summed E-state index contributed by atoms with van der Waals surface area (Å²) in [5.74, 6) is 0.0693. The Balaban J connectivity index is 2.63. The molecule has 1 heterocycles. The molecule has 0 fully saturated rings. The summed E-state index contributed by atoms with van der Waals surface area (Å²) in [4.78, 5) is 15.9. The van der Waals surface area contributed by atoms with Crippen LogP contribution in [0.25, 0.3) is 11.0 Å². The van der Waals surface area contributed by atoms with Gasteiger partial charge in [-0.3, -0.25) is 4.79 Å². The maximum atomic E-state index is 12.7. The first kappa shape index (κ1) is 15.6. The normalized spacial score (nSPS) is 13.4. The molecule has 1 aromatic heterocycles. The van der Waals surface area contributed by atoms with E-state index < -0.39 is 17.8 Å². The van der Waals surface area contributed by atoms with Gasteiger partial charge < -0.3 is 9.88 Å². The summed E-state index contributed by atoms with van der Waals surface area (Å²) in [6.45, 7) is 1.63. The number of aromatic nitrogens is 2. The molecule has 0 aliphatic carbocycles. The van der Waals surface area contributed by atoms with Crippen molar-refractivity contribution in [3.63, 3.8) is 0 Å². The van der Waals surface area contributed by atoms with Gasteiger partial charge in [-0.2, -0.15) is 13.2 Å². The van der Waals surface area contributed by atoms with Gasteiger partial charge in [0.05, 0.1) is 22.5 Å². The summed E-state index contributed by atoms with van der Waals surface area (Å²) >= 11 is 5.79. The van der Waals surface area contributed by atoms with Crippen LogP contribution < -0.4 is 5.32 Å². The first-order valence-corrected chi connectivity index (χ1v) is 6.68. The van der Waals surface area contributed by atoms with Crippen molar-refractivity contribution in [3.05, 3.63) is 29.6 Å². The SMILES string of the molecule is CNC(=O)C(C)n1c(CCl)nc2cc(C(F)(F)F)ccc21. The van der Waals surface area contributed by atoms with Crippen LogP contribution >= 0.6 is 11.6 Å². The summed E-state index contributed by atoms with van der Waals surface area (Å²) in [7, 11) is 1.49. The van der Waals surface area contributed by atoms with Gasteiger partial charge in [0.25, 0.3) is 0 Å². The Morgan fingerprint density at radius 2 is 2.14 bits per heavy atom. The lowest BCUT2D eigenvalue weighted by atomic mass is 10.2. The van der Waals surface area contributed by atoms with Crippen LogP contribution in [0.1, 0.15) is 24.4 Å². The second-order valence-corrected chi connectivity index (χ2v) is 4.79. The van der Waals surface area contributed by atoms with Gasteiger partial charge in [-0.15, -0.1) is 11.6 Å². The molecule has 1 amide bonds. The number of benzene rings is 1. The van der Waals surface area contributed by atoms with Gasteiger partial charge in [-0.05, 0) is 25.1 Å². The van der Waals surface area contributed by atoms with E-state index in [-0.39, 0.29) is 17.3 Å². The standard InChI is InChI=1S/C13H13ClF3N3O/c1-7(12(21)18-2)20-10-4-3-8(13(15,16)17)5-9(10)19-11(20)6-14/h3-5,7H,6H2,1-2H3,(H,18,21). The van der Waals surface area contributed by atoms with Gasteiger partial charge in [-0.1, -0.05) is 0 Å². The number of fused-ring (bicyclic) bond motifs is 1. The van der Waals surface area contributed by atoms with Gasteiger partial charge >= 0.3 is 6.18 Å². The minimum absolute atomic E-state index is 0.00261.